The fourth-order valence-electron chi connectivity index (χ4n) is 3.18. The largest absolute Gasteiger partial charge is 0.369 e. The average molecular weight is 392 g/mol. The normalized spacial score (nSPS) is 15.9. The van der Waals surface area contributed by atoms with Crippen molar-refractivity contribution in [1.29, 1.82) is 0 Å². The van der Waals surface area contributed by atoms with Gasteiger partial charge in [-0.25, -0.2) is 17.5 Å². The molecule has 3 rings (SSSR count). The van der Waals surface area contributed by atoms with Gasteiger partial charge in [0.25, 0.3) is 0 Å². The van der Waals surface area contributed by atoms with Gasteiger partial charge in [-0.1, -0.05) is 24.3 Å². The molecule has 0 bridgehead atoms. The minimum absolute atomic E-state index is 0.275. The van der Waals surface area contributed by atoms with Crippen LogP contribution in [0.2, 0.25) is 0 Å². The number of anilines is 1. The van der Waals surface area contributed by atoms with E-state index in [1.165, 1.54) is 23.9 Å². The topological polar surface area (TPSA) is 52.6 Å². The highest BCUT2D eigenvalue weighted by molar-refractivity contribution is 7.89. The molecular formula is C20H26FN3O2S. The van der Waals surface area contributed by atoms with E-state index < -0.39 is 15.8 Å². The summed E-state index contributed by atoms with van der Waals surface area (Å²) in [5.41, 5.74) is 2.39. The van der Waals surface area contributed by atoms with E-state index in [0.717, 1.165) is 44.2 Å². The average Bonchev–Trinajstić information content (AvgIpc) is 2.67. The van der Waals surface area contributed by atoms with Gasteiger partial charge in [-0.2, -0.15) is 0 Å². The molecule has 5 nitrogen and oxygen atoms in total. The van der Waals surface area contributed by atoms with E-state index in [0.29, 0.717) is 6.42 Å². The molecular weight excluding hydrogens is 365 g/mol. The third kappa shape index (κ3) is 5.28. The smallest absolute Gasteiger partial charge is 0.243 e. The van der Waals surface area contributed by atoms with Crippen LogP contribution in [0.15, 0.2) is 53.4 Å². The van der Waals surface area contributed by atoms with Crippen LogP contribution in [0.4, 0.5) is 10.1 Å². The van der Waals surface area contributed by atoms with Crippen LogP contribution >= 0.6 is 0 Å². The number of likely N-dealkylation sites (N-methyl/N-ethyl adjacent to an activating group) is 1. The molecule has 1 aliphatic rings. The zero-order valence-electron chi connectivity index (χ0n) is 15.6. The maximum atomic E-state index is 13.6. The number of aryl methyl sites for hydroxylation is 1. The van der Waals surface area contributed by atoms with Crippen LogP contribution in [0.3, 0.4) is 0 Å². The molecule has 2 aromatic rings. The summed E-state index contributed by atoms with van der Waals surface area (Å²) < 4.78 is 40.4. The predicted molar refractivity (Wildman–Crippen MR) is 106 cm³/mol. The summed E-state index contributed by atoms with van der Waals surface area (Å²) in [6.07, 6.45) is 1.42. The maximum absolute atomic E-state index is 13.6. The number of sulfonamides is 1. The van der Waals surface area contributed by atoms with Gasteiger partial charge in [0.2, 0.25) is 10.0 Å². The summed E-state index contributed by atoms with van der Waals surface area (Å²) in [5.74, 6) is -0.732. The molecule has 0 unspecified atom stereocenters. The van der Waals surface area contributed by atoms with Gasteiger partial charge >= 0.3 is 0 Å². The van der Waals surface area contributed by atoms with E-state index in [1.54, 1.807) is 0 Å². The van der Waals surface area contributed by atoms with E-state index in [-0.39, 0.29) is 11.4 Å². The minimum Gasteiger partial charge on any atom is -0.369 e. The Balaban J connectivity index is 1.47. The van der Waals surface area contributed by atoms with E-state index in [9.17, 15) is 12.8 Å². The Morgan fingerprint density at radius 3 is 2.33 bits per heavy atom. The van der Waals surface area contributed by atoms with Crippen LogP contribution in [0.25, 0.3) is 0 Å². The van der Waals surface area contributed by atoms with Crippen molar-refractivity contribution in [2.75, 3.05) is 44.7 Å². The molecule has 0 aliphatic carbocycles. The van der Waals surface area contributed by atoms with Crippen LogP contribution < -0.4 is 9.62 Å². The standard InChI is InChI=1S/C20H26FN3O2S/c1-23-13-15-24(16-14-23)18-10-8-17(9-11-18)5-4-12-22-27(25,26)20-7-3-2-6-19(20)21/h2-3,6-11,22H,4-5,12-16H2,1H3. The SMILES string of the molecule is CN1CCN(c2ccc(CCCNS(=O)(=O)c3ccccc3F)cc2)CC1. The lowest BCUT2D eigenvalue weighted by Gasteiger charge is -2.34. The first-order valence-electron chi connectivity index (χ1n) is 9.22. The molecule has 0 spiro atoms. The fraction of sp³-hybridized carbons (Fsp3) is 0.400. The zero-order chi connectivity index (χ0) is 19.3. The third-order valence-corrected chi connectivity index (χ3v) is 6.36. The highest BCUT2D eigenvalue weighted by Crippen LogP contribution is 2.18. The molecule has 0 atom stereocenters. The number of halogens is 1. The van der Waals surface area contributed by atoms with Gasteiger partial charge in [-0.05, 0) is 49.7 Å². The van der Waals surface area contributed by atoms with Gasteiger partial charge in [-0.15, -0.1) is 0 Å². The summed E-state index contributed by atoms with van der Waals surface area (Å²) in [6, 6.07) is 13.9. The molecule has 1 N–H and O–H groups in total. The minimum atomic E-state index is -3.81. The molecule has 0 amide bonds. The van der Waals surface area contributed by atoms with Crippen molar-refractivity contribution in [1.82, 2.24) is 9.62 Å². The summed E-state index contributed by atoms with van der Waals surface area (Å²) in [4.78, 5) is 4.40. The Morgan fingerprint density at radius 1 is 1.00 bits per heavy atom. The highest BCUT2D eigenvalue weighted by atomic mass is 32.2. The summed E-state index contributed by atoms with van der Waals surface area (Å²) in [7, 11) is -1.67. The lowest BCUT2D eigenvalue weighted by Crippen LogP contribution is -2.44. The van der Waals surface area contributed by atoms with Gasteiger partial charge in [0.15, 0.2) is 0 Å². The molecule has 1 fully saturated rings. The third-order valence-electron chi connectivity index (χ3n) is 4.87. The van der Waals surface area contributed by atoms with Crippen LogP contribution in [0.1, 0.15) is 12.0 Å². The molecule has 1 saturated heterocycles. The first-order chi connectivity index (χ1) is 13.0. The lowest BCUT2D eigenvalue weighted by atomic mass is 10.1. The van der Waals surface area contributed by atoms with Crippen molar-refractivity contribution in [3.63, 3.8) is 0 Å². The van der Waals surface area contributed by atoms with E-state index in [4.69, 9.17) is 0 Å². The highest BCUT2D eigenvalue weighted by Gasteiger charge is 2.17. The molecule has 27 heavy (non-hydrogen) atoms. The Labute approximate surface area is 160 Å². The van der Waals surface area contributed by atoms with Crippen LogP contribution in [-0.4, -0.2) is 53.1 Å². The van der Waals surface area contributed by atoms with Crippen molar-refractivity contribution in [2.45, 2.75) is 17.7 Å². The molecule has 7 heteroatoms. The summed E-state index contributed by atoms with van der Waals surface area (Å²) in [5, 5.41) is 0. The second-order valence-electron chi connectivity index (χ2n) is 6.89. The Kier molecular flexibility index (Phi) is 6.46. The van der Waals surface area contributed by atoms with Crippen molar-refractivity contribution in [2.24, 2.45) is 0 Å². The van der Waals surface area contributed by atoms with Crippen molar-refractivity contribution in [3.05, 3.63) is 59.9 Å². The maximum Gasteiger partial charge on any atom is 0.243 e. The molecule has 1 aliphatic heterocycles. The Hall–Kier alpha value is -1.96. The Morgan fingerprint density at radius 2 is 1.67 bits per heavy atom. The van der Waals surface area contributed by atoms with Crippen LogP contribution in [0.5, 0.6) is 0 Å². The summed E-state index contributed by atoms with van der Waals surface area (Å²) in [6.45, 7) is 4.49. The number of piperazine rings is 1. The first kappa shape index (κ1) is 19.8. The lowest BCUT2D eigenvalue weighted by molar-refractivity contribution is 0.313. The molecule has 146 valence electrons. The number of benzene rings is 2. The quantitative estimate of drug-likeness (QED) is 0.737. The number of rotatable bonds is 7. The van der Waals surface area contributed by atoms with Gasteiger partial charge in [0, 0.05) is 38.4 Å². The van der Waals surface area contributed by atoms with Crippen LogP contribution in [0, 0.1) is 5.82 Å². The first-order valence-corrected chi connectivity index (χ1v) is 10.7. The van der Waals surface area contributed by atoms with Crippen molar-refractivity contribution < 1.29 is 12.8 Å². The number of hydrogen-bond donors (Lipinski definition) is 1. The molecule has 2 aromatic carbocycles. The van der Waals surface area contributed by atoms with Crippen LogP contribution in [-0.2, 0) is 16.4 Å². The predicted octanol–water partition coefficient (Wildman–Crippen LogP) is 2.49. The van der Waals surface area contributed by atoms with E-state index in [2.05, 4.69) is 45.8 Å². The molecule has 1 heterocycles. The number of nitrogens with zero attached hydrogens (tertiary/aromatic N) is 2. The van der Waals surface area contributed by atoms with Gasteiger partial charge < -0.3 is 9.80 Å². The van der Waals surface area contributed by atoms with Gasteiger partial charge in [0.05, 0.1) is 0 Å². The second-order valence-corrected chi connectivity index (χ2v) is 8.62. The Bertz CT molecular complexity index is 848. The molecule has 0 aromatic heterocycles. The second kappa shape index (κ2) is 8.82. The zero-order valence-corrected chi connectivity index (χ0v) is 16.4. The van der Waals surface area contributed by atoms with Gasteiger partial charge in [0.1, 0.15) is 10.7 Å². The van der Waals surface area contributed by atoms with E-state index >= 15 is 0 Å². The summed E-state index contributed by atoms with van der Waals surface area (Å²) >= 11 is 0. The van der Waals surface area contributed by atoms with Crippen molar-refractivity contribution in [3.8, 4) is 0 Å². The number of hydrogen-bond acceptors (Lipinski definition) is 4. The van der Waals surface area contributed by atoms with E-state index in [1.807, 2.05) is 0 Å². The molecule has 0 saturated carbocycles. The van der Waals surface area contributed by atoms with Crippen molar-refractivity contribution >= 4 is 15.7 Å². The number of nitrogens with one attached hydrogen (secondary N) is 1. The fourth-order valence-corrected chi connectivity index (χ4v) is 4.33. The van der Waals surface area contributed by atoms with Gasteiger partial charge in [-0.3, -0.25) is 0 Å². The molecule has 0 radical (unpaired) electrons. The monoisotopic (exact) mass is 391 g/mol.